The van der Waals surface area contributed by atoms with Crippen molar-refractivity contribution in [1.29, 1.82) is 0 Å². The van der Waals surface area contributed by atoms with E-state index >= 15 is 0 Å². The number of ether oxygens (including phenoxy) is 1. The molecule has 2 unspecified atom stereocenters. The third kappa shape index (κ3) is 3.40. The Balaban J connectivity index is 2.38. The van der Waals surface area contributed by atoms with Gasteiger partial charge in [-0.2, -0.15) is 0 Å². The molecule has 0 aliphatic rings. The van der Waals surface area contributed by atoms with Crippen LogP contribution in [0.3, 0.4) is 0 Å². The number of halogens is 1. The summed E-state index contributed by atoms with van der Waals surface area (Å²) < 4.78 is 5.97. The largest absolute Gasteiger partial charge is 0.372 e. The highest BCUT2D eigenvalue weighted by Crippen LogP contribution is 2.35. The van der Waals surface area contributed by atoms with E-state index in [0.29, 0.717) is 6.61 Å². The fourth-order valence-corrected chi connectivity index (χ4v) is 2.66. The fourth-order valence-electron chi connectivity index (χ4n) is 2.40. The summed E-state index contributed by atoms with van der Waals surface area (Å²) in [6, 6.07) is 18.1. The molecule has 0 bridgehead atoms. The summed E-state index contributed by atoms with van der Waals surface area (Å²) in [6.45, 7) is 2.66. The summed E-state index contributed by atoms with van der Waals surface area (Å²) in [4.78, 5) is 0. The number of hydrogen-bond donors (Lipinski definition) is 1. The van der Waals surface area contributed by atoms with E-state index in [-0.39, 0.29) is 12.1 Å². The second kappa shape index (κ2) is 7.44. The van der Waals surface area contributed by atoms with Gasteiger partial charge in [0.25, 0.3) is 0 Å². The molecule has 0 saturated carbocycles. The second-order valence-corrected chi connectivity index (χ2v) is 4.98. The van der Waals surface area contributed by atoms with E-state index in [1.54, 1.807) is 0 Å². The first-order valence-corrected chi connectivity index (χ1v) is 7.24. The minimum atomic E-state index is -0.0638. The maximum atomic E-state index is 6.33. The molecule has 0 aliphatic carbocycles. The van der Waals surface area contributed by atoms with Crippen molar-refractivity contribution >= 4 is 11.6 Å². The third-order valence-corrected chi connectivity index (χ3v) is 3.67. The van der Waals surface area contributed by atoms with Crippen LogP contribution in [0.4, 0.5) is 0 Å². The highest BCUT2D eigenvalue weighted by molar-refractivity contribution is 6.31. The smallest absolute Gasteiger partial charge is 0.102 e. The Morgan fingerprint density at radius 3 is 2.30 bits per heavy atom. The zero-order chi connectivity index (χ0) is 14.4. The molecular weight excluding hydrogens is 270 g/mol. The molecule has 2 nitrogen and oxygen atoms in total. The van der Waals surface area contributed by atoms with Crippen molar-refractivity contribution in [3.05, 3.63) is 70.7 Å². The van der Waals surface area contributed by atoms with Gasteiger partial charge in [0.1, 0.15) is 6.10 Å². The van der Waals surface area contributed by atoms with Crippen LogP contribution in [0, 0.1) is 0 Å². The predicted octanol–water partition coefficient (Wildman–Crippen LogP) is 4.38. The van der Waals surface area contributed by atoms with Gasteiger partial charge in [0.2, 0.25) is 0 Å². The molecule has 0 heterocycles. The van der Waals surface area contributed by atoms with E-state index in [9.17, 15) is 0 Å². The molecule has 1 N–H and O–H groups in total. The number of likely N-dealkylation sites (N-methyl/N-ethyl adjacent to an activating group) is 1. The lowest BCUT2D eigenvalue weighted by Crippen LogP contribution is -2.26. The Morgan fingerprint density at radius 2 is 1.70 bits per heavy atom. The van der Waals surface area contributed by atoms with Crippen LogP contribution in [0.1, 0.15) is 30.2 Å². The predicted molar refractivity (Wildman–Crippen MR) is 84.1 cm³/mol. The van der Waals surface area contributed by atoms with Crippen LogP contribution in [0.25, 0.3) is 0 Å². The Labute approximate surface area is 125 Å². The normalized spacial score (nSPS) is 13.9. The van der Waals surface area contributed by atoms with Gasteiger partial charge in [-0.3, -0.25) is 0 Å². The number of rotatable bonds is 6. The van der Waals surface area contributed by atoms with Crippen molar-refractivity contribution < 1.29 is 4.74 Å². The minimum Gasteiger partial charge on any atom is -0.372 e. The Kier molecular flexibility index (Phi) is 5.60. The Hall–Kier alpha value is -1.35. The average Bonchev–Trinajstić information content (AvgIpc) is 2.50. The third-order valence-electron chi connectivity index (χ3n) is 3.33. The first-order chi connectivity index (χ1) is 9.77. The average molecular weight is 290 g/mol. The molecule has 3 heteroatoms. The zero-order valence-corrected chi connectivity index (χ0v) is 12.6. The molecule has 0 spiro atoms. The van der Waals surface area contributed by atoms with Gasteiger partial charge in [-0.25, -0.2) is 0 Å². The van der Waals surface area contributed by atoms with E-state index < -0.39 is 0 Å². The second-order valence-electron chi connectivity index (χ2n) is 4.57. The van der Waals surface area contributed by atoms with E-state index in [1.807, 2.05) is 56.4 Å². The maximum absolute atomic E-state index is 6.33. The summed E-state index contributed by atoms with van der Waals surface area (Å²) in [5, 5.41) is 4.09. The quantitative estimate of drug-likeness (QED) is 0.852. The molecule has 2 rings (SSSR count). The highest BCUT2D eigenvalue weighted by atomic mass is 35.5. The Morgan fingerprint density at radius 1 is 1.05 bits per heavy atom. The molecular formula is C17H20ClNO. The lowest BCUT2D eigenvalue weighted by molar-refractivity contribution is 0.0347. The molecule has 0 amide bonds. The molecule has 0 fully saturated rings. The minimum absolute atomic E-state index is 0.0195. The molecule has 2 aromatic carbocycles. The number of hydrogen-bond acceptors (Lipinski definition) is 2. The molecule has 20 heavy (non-hydrogen) atoms. The van der Waals surface area contributed by atoms with Gasteiger partial charge >= 0.3 is 0 Å². The van der Waals surface area contributed by atoms with Crippen LogP contribution >= 0.6 is 11.6 Å². The van der Waals surface area contributed by atoms with Crippen molar-refractivity contribution in [2.24, 2.45) is 0 Å². The van der Waals surface area contributed by atoms with E-state index in [4.69, 9.17) is 16.3 Å². The van der Waals surface area contributed by atoms with Gasteiger partial charge in [0, 0.05) is 11.6 Å². The molecule has 0 aromatic heterocycles. The first kappa shape index (κ1) is 15.0. The fraction of sp³-hybridized carbons (Fsp3) is 0.294. The number of nitrogens with one attached hydrogen (secondary N) is 1. The summed E-state index contributed by atoms with van der Waals surface area (Å²) in [7, 11) is 1.93. The van der Waals surface area contributed by atoms with Crippen LogP contribution in [-0.2, 0) is 4.74 Å². The van der Waals surface area contributed by atoms with Gasteiger partial charge in [-0.1, -0.05) is 60.1 Å². The zero-order valence-electron chi connectivity index (χ0n) is 11.8. The molecule has 106 valence electrons. The van der Waals surface area contributed by atoms with Crippen LogP contribution < -0.4 is 5.32 Å². The van der Waals surface area contributed by atoms with Crippen LogP contribution in [0.15, 0.2) is 54.6 Å². The molecule has 0 aliphatic heterocycles. The first-order valence-electron chi connectivity index (χ1n) is 6.86. The molecule has 0 radical (unpaired) electrons. The summed E-state index contributed by atoms with van der Waals surface area (Å²) >= 11 is 6.33. The van der Waals surface area contributed by atoms with Gasteiger partial charge in [0.05, 0.1) is 6.04 Å². The van der Waals surface area contributed by atoms with E-state index in [1.165, 1.54) is 0 Å². The van der Waals surface area contributed by atoms with Crippen molar-refractivity contribution in [2.75, 3.05) is 13.7 Å². The maximum Gasteiger partial charge on any atom is 0.102 e. The van der Waals surface area contributed by atoms with Crippen molar-refractivity contribution in [1.82, 2.24) is 5.32 Å². The van der Waals surface area contributed by atoms with Gasteiger partial charge in [-0.15, -0.1) is 0 Å². The van der Waals surface area contributed by atoms with Crippen molar-refractivity contribution in [3.8, 4) is 0 Å². The topological polar surface area (TPSA) is 21.3 Å². The summed E-state index contributed by atoms with van der Waals surface area (Å²) in [5.74, 6) is 0. The standard InChI is InChI=1S/C17H20ClNO/c1-3-20-17(13-9-5-4-6-10-13)16(19-2)14-11-7-8-12-15(14)18/h4-12,16-17,19H,3H2,1-2H3. The highest BCUT2D eigenvalue weighted by Gasteiger charge is 2.25. The lowest BCUT2D eigenvalue weighted by Gasteiger charge is -2.28. The summed E-state index contributed by atoms with van der Waals surface area (Å²) in [5.41, 5.74) is 2.20. The van der Waals surface area contributed by atoms with Crippen LogP contribution in [-0.4, -0.2) is 13.7 Å². The van der Waals surface area contributed by atoms with E-state index in [2.05, 4.69) is 17.4 Å². The van der Waals surface area contributed by atoms with Crippen LogP contribution in [0.2, 0.25) is 5.02 Å². The SMILES string of the molecule is CCOC(c1ccccc1)C(NC)c1ccccc1Cl. The van der Waals surface area contributed by atoms with Gasteiger partial charge in [0.15, 0.2) is 0 Å². The van der Waals surface area contributed by atoms with Gasteiger partial charge in [-0.05, 0) is 31.2 Å². The number of benzene rings is 2. The lowest BCUT2D eigenvalue weighted by atomic mass is 9.95. The van der Waals surface area contributed by atoms with Gasteiger partial charge < -0.3 is 10.1 Å². The molecule has 0 saturated heterocycles. The molecule has 2 aromatic rings. The van der Waals surface area contributed by atoms with E-state index in [0.717, 1.165) is 16.1 Å². The van der Waals surface area contributed by atoms with Crippen molar-refractivity contribution in [2.45, 2.75) is 19.1 Å². The monoisotopic (exact) mass is 289 g/mol. The Bertz CT molecular complexity index is 530. The molecule has 2 atom stereocenters. The summed E-state index contributed by atoms with van der Waals surface area (Å²) in [6.07, 6.45) is -0.0638. The van der Waals surface area contributed by atoms with Crippen molar-refractivity contribution in [3.63, 3.8) is 0 Å². The van der Waals surface area contributed by atoms with Crippen LogP contribution in [0.5, 0.6) is 0 Å².